The van der Waals surface area contributed by atoms with Crippen molar-refractivity contribution in [3.63, 3.8) is 0 Å². The molecule has 0 amide bonds. The topological polar surface area (TPSA) is 67.1 Å². The molecule has 5 heteroatoms. The van der Waals surface area contributed by atoms with Crippen LogP contribution in [0.25, 0.3) is 0 Å². The Hall–Kier alpha value is -2.14. The molecule has 0 aliphatic heterocycles. The fraction of sp³-hybridized carbons (Fsp3) is 0.375. The van der Waals surface area contributed by atoms with E-state index in [-0.39, 0.29) is 0 Å². The van der Waals surface area contributed by atoms with Crippen molar-refractivity contribution < 1.29 is 0 Å². The van der Waals surface area contributed by atoms with E-state index >= 15 is 0 Å². The number of aromatic nitrogens is 2. The monoisotopic (exact) mass is 285 g/mol. The Labute approximate surface area is 126 Å². The van der Waals surface area contributed by atoms with Crippen molar-refractivity contribution in [1.82, 2.24) is 14.9 Å². The molecule has 21 heavy (non-hydrogen) atoms. The smallest absolute Gasteiger partial charge is 0.229 e. The fourth-order valence-electron chi connectivity index (χ4n) is 2.11. The van der Waals surface area contributed by atoms with Gasteiger partial charge in [0, 0.05) is 17.4 Å². The van der Waals surface area contributed by atoms with Gasteiger partial charge in [-0.1, -0.05) is 12.1 Å². The molecule has 0 aliphatic carbocycles. The van der Waals surface area contributed by atoms with Gasteiger partial charge >= 0.3 is 0 Å². The molecule has 0 saturated carbocycles. The first kappa shape index (κ1) is 15.3. The second kappa shape index (κ2) is 7.04. The largest absolute Gasteiger partial charge is 0.383 e. The lowest BCUT2D eigenvalue weighted by Crippen LogP contribution is -2.14. The maximum atomic E-state index is 6.02. The van der Waals surface area contributed by atoms with Crippen LogP contribution in [0.1, 0.15) is 17.5 Å². The minimum atomic E-state index is 0.537. The van der Waals surface area contributed by atoms with E-state index in [4.69, 9.17) is 5.73 Å². The molecule has 1 aromatic carbocycles. The van der Waals surface area contributed by atoms with Gasteiger partial charge in [0.05, 0.1) is 0 Å². The third-order valence-corrected chi connectivity index (χ3v) is 3.22. The molecule has 0 radical (unpaired) electrons. The van der Waals surface area contributed by atoms with Crippen LogP contribution in [-0.2, 0) is 6.42 Å². The molecule has 0 fully saturated rings. The van der Waals surface area contributed by atoms with Crippen LogP contribution in [0.5, 0.6) is 0 Å². The van der Waals surface area contributed by atoms with Crippen LogP contribution in [0, 0.1) is 6.92 Å². The zero-order valence-electron chi connectivity index (χ0n) is 12.9. The van der Waals surface area contributed by atoms with Crippen LogP contribution in [0.15, 0.2) is 30.5 Å². The highest BCUT2D eigenvalue weighted by Gasteiger charge is 2.05. The summed E-state index contributed by atoms with van der Waals surface area (Å²) in [4.78, 5) is 10.8. The van der Waals surface area contributed by atoms with Crippen LogP contribution < -0.4 is 11.1 Å². The second-order valence-electron chi connectivity index (χ2n) is 5.51. The van der Waals surface area contributed by atoms with Crippen LogP contribution >= 0.6 is 0 Å². The van der Waals surface area contributed by atoms with Crippen LogP contribution in [-0.4, -0.2) is 35.5 Å². The van der Waals surface area contributed by atoms with E-state index < -0.39 is 0 Å². The molecule has 5 nitrogen and oxygen atoms in total. The Morgan fingerprint density at radius 3 is 2.76 bits per heavy atom. The van der Waals surface area contributed by atoms with Crippen molar-refractivity contribution in [2.24, 2.45) is 0 Å². The first-order valence-electron chi connectivity index (χ1n) is 7.14. The van der Waals surface area contributed by atoms with E-state index in [0.29, 0.717) is 11.8 Å². The zero-order valence-corrected chi connectivity index (χ0v) is 12.9. The lowest BCUT2D eigenvalue weighted by molar-refractivity contribution is 0.400. The summed E-state index contributed by atoms with van der Waals surface area (Å²) in [6.45, 7) is 3.08. The van der Waals surface area contributed by atoms with Crippen LogP contribution in [0.4, 0.5) is 17.5 Å². The zero-order chi connectivity index (χ0) is 15.2. The molecular weight excluding hydrogens is 262 g/mol. The van der Waals surface area contributed by atoms with Crippen molar-refractivity contribution in [2.45, 2.75) is 19.8 Å². The lowest BCUT2D eigenvalue weighted by Gasteiger charge is -2.11. The third-order valence-electron chi connectivity index (χ3n) is 3.22. The highest BCUT2D eigenvalue weighted by molar-refractivity contribution is 5.56. The SMILES string of the molecule is Cc1cccc(Nc2ncc(CCCN(C)C)c(N)n2)c1. The Morgan fingerprint density at radius 2 is 2.10 bits per heavy atom. The van der Waals surface area contributed by atoms with E-state index in [2.05, 4.69) is 34.3 Å². The summed E-state index contributed by atoms with van der Waals surface area (Å²) in [7, 11) is 4.13. The molecule has 0 bridgehead atoms. The molecule has 112 valence electrons. The Kier molecular flexibility index (Phi) is 5.11. The van der Waals surface area contributed by atoms with Gasteiger partial charge in [0.25, 0.3) is 0 Å². The third kappa shape index (κ3) is 4.72. The number of anilines is 3. The predicted octanol–water partition coefficient (Wildman–Crippen LogP) is 2.61. The van der Waals surface area contributed by atoms with Crippen molar-refractivity contribution >= 4 is 17.5 Å². The summed E-state index contributed by atoms with van der Waals surface area (Å²) < 4.78 is 0. The molecule has 0 aliphatic rings. The van der Waals surface area contributed by atoms with Gasteiger partial charge in [-0.05, 0) is 58.1 Å². The molecule has 0 spiro atoms. The normalized spacial score (nSPS) is 10.9. The number of nitrogens with one attached hydrogen (secondary N) is 1. The quantitative estimate of drug-likeness (QED) is 0.854. The number of nitrogens with zero attached hydrogens (tertiary/aromatic N) is 3. The van der Waals surface area contributed by atoms with Gasteiger partial charge in [-0.25, -0.2) is 4.98 Å². The first-order valence-corrected chi connectivity index (χ1v) is 7.14. The van der Waals surface area contributed by atoms with Gasteiger partial charge < -0.3 is 16.0 Å². The summed E-state index contributed by atoms with van der Waals surface area (Å²) in [6, 6.07) is 8.08. The summed E-state index contributed by atoms with van der Waals surface area (Å²) in [5.74, 6) is 1.09. The number of aryl methyl sites for hydroxylation is 2. The van der Waals surface area contributed by atoms with E-state index in [1.165, 1.54) is 5.56 Å². The Morgan fingerprint density at radius 1 is 1.29 bits per heavy atom. The fourth-order valence-corrected chi connectivity index (χ4v) is 2.11. The van der Waals surface area contributed by atoms with Crippen molar-refractivity contribution in [1.29, 1.82) is 0 Å². The maximum absolute atomic E-state index is 6.02. The average Bonchev–Trinajstić information content (AvgIpc) is 2.41. The van der Waals surface area contributed by atoms with Crippen LogP contribution in [0.3, 0.4) is 0 Å². The van der Waals surface area contributed by atoms with E-state index in [9.17, 15) is 0 Å². The molecule has 0 atom stereocenters. The Bertz CT molecular complexity index is 595. The van der Waals surface area contributed by atoms with Crippen molar-refractivity contribution in [3.8, 4) is 0 Å². The van der Waals surface area contributed by atoms with E-state index in [1.54, 1.807) is 0 Å². The Balaban J connectivity index is 2.01. The summed E-state index contributed by atoms with van der Waals surface area (Å²) in [6.07, 6.45) is 3.76. The molecule has 2 aromatic rings. The van der Waals surface area contributed by atoms with Crippen molar-refractivity contribution in [2.75, 3.05) is 31.7 Å². The minimum absolute atomic E-state index is 0.537. The van der Waals surface area contributed by atoms with Gasteiger partial charge in [0.1, 0.15) is 5.82 Å². The molecular formula is C16H23N5. The molecule has 0 saturated heterocycles. The van der Waals surface area contributed by atoms with E-state index in [0.717, 1.165) is 30.6 Å². The van der Waals surface area contributed by atoms with Gasteiger partial charge in [0.15, 0.2) is 0 Å². The standard InChI is InChI=1S/C16H23N5/c1-12-6-4-8-14(10-12)19-16-18-11-13(15(17)20-16)7-5-9-21(2)3/h4,6,8,10-11H,5,7,9H2,1-3H3,(H3,17,18,19,20). The number of rotatable bonds is 6. The summed E-state index contributed by atoms with van der Waals surface area (Å²) in [5, 5.41) is 3.18. The van der Waals surface area contributed by atoms with Gasteiger partial charge in [-0.15, -0.1) is 0 Å². The number of nitrogen functional groups attached to an aromatic ring is 1. The minimum Gasteiger partial charge on any atom is -0.383 e. The van der Waals surface area contributed by atoms with E-state index in [1.807, 2.05) is 37.4 Å². The second-order valence-corrected chi connectivity index (χ2v) is 5.51. The highest BCUT2D eigenvalue weighted by Crippen LogP contribution is 2.17. The summed E-state index contributed by atoms with van der Waals surface area (Å²) in [5.41, 5.74) is 9.18. The number of hydrogen-bond donors (Lipinski definition) is 2. The predicted molar refractivity (Wildman–Crippen MR) is 87.8 cm³/mol. The molecule has 2 rings (SSSR count). The highest BCUT2D eigenvalue weighted by atomic mass is 15.1. The van der Waals surface area contributed by atoms with Crippen LogP contribution in [0.2, 0.25) is 0 Å². The number of nitrogens with two attached hydrogens (primary N) is 1. The van der Waals surface area contributed by atoms with Gasteiger partial charge in [-0.2, -0.15) is 4.98 Å². The molecule has 1 heterocycles. The first-order chi connectivity index (χ1) is 10.0. The van der Waals surface area contributed by atoms with Gasteiger partial charge in [-0.3, -0.25) is 0 Å². The molecule has 1 aromatic heterocycles. The van der Waals surface area contributed by atoms with Crippen molar-refractivity contribution in [3.05, 3.63) is 41.6 Å². The summed E-state index contributed by atoms with van der Waals surface area (Å²) >= 11 is 0. The number of hydrogen-bond acceptors (Lipinski definition) is 5. The van der Waals surface area contributed by atoms with Gasteiger partial charge in [0.2, 0.25) is 5.95 Å². The maximum Gasteiger partial charge on any atom is 0.229 e. The molecule has 0 unspecified atom stereocenters. The number of benzene rings is 1. The average molecular weight is 285 g/mol. The molecule has 3 N–H and O–H groups in total. The lowest BCUT2D eigenvalue weighted by atomic mass is 10.1.